The van der Waals surface area contributed by atoms with Gasteiger partial charge in [-0.1, -0.05) is 0 Å². The van der Waals surface area contributed by atoms with Gasteiger partial charge >= 0.3 is 0 Å². The first-order valence-electron chi connectivity index (χ1n) is 7.13. The monoisotopic (exact) mass is 431 g/mol. The molecule has 0 aliphatic heterocycles. The van der Waals surface area contributed by atoms with Gasteiger partial charge < -0.3 is 10.1 Å². The van der Waals surface area contributed by atoms with Crippen molar-refractivity contribution < 1.29 is 4.39 Å². The molecule has 4 aromatic rings. The van der Waals surface area contributed by atoms with Gasteiger partial charge in [0.1, 0.15) is 17.3 Å². The molecule has 24 heavy (non-hydrogen) atoms. The average Bonchev–Trinajstić information content (AvgIpc) is 2.92. The van der Waals surface area contributed by atoms with Crippen LogP contribution in [0, 0.1) is 9.52 Å². The minimum Gasteiger partial charge on any atom is -0.383 e. The number of hydrogen-bond donors (Lipinski definition) is 1. The molecule has 7 heteroatoms. The Morgan fingerprint density at radius 3 is 2.58 bits per heavy atom. The third kappa shape index (κ3) is 2.50. The Kier molecular flexibility index (Phi) is 3.64. The third-order valence-electron chi connectivity index (χ3n) is 3.71. The molecule has 2 N–H and O–H groups in total. The number of nitrogen functional groups attached to an aromatic ring is 1. The normalized spacial score (nSPS) is 11.1. The van der Waals surface area contributed by atoms with E-state index in [1.807, 2.05) is 28.8 Å². The van der Waals surface area contributed by atoms with Gasteiger partial charge in [-0.25, -0.2) is 9.37 Å². The number of pyridine rings is 2. The van der Waals surface area contributed by atoms with Crippen molar-refractivity contribution in [1.82, 2.24) is 19.4 Å². The Morgan fingerprint density at radius 1 is 1.00 bits per heavy atom. The molecule has 0 spiro atoms. The van der Waals surface area contributed by atoms with Crippen molar-refractivity contribution in [1.29, 1.82) is 0 Å². The van der Waals surface area contributed by atoms with E-state index in [0.717, 1.165) is 20.3 Å². The van der Waals surface area contributed by atoms with E-state index in [-0.39, 0.29) is 5.82 Å². The molecule has 4 heterocycles. The average molecular weight is 431 g/mol. The van der Waals surface area contributed by atoms with Crippen molar-refractivity contribution >= 4 is 33.9 Å². The highest BCUT2D eigenvalue weighted by Crippen LogP contribution is 2.32. The molecule has 0 aromatic carbocycles. The molecule has 4 aromatic heterocycles. The van der Waals surface area contributed by atoms with Crippen LogP contribution in [0.2, 0.25) is 0 Å². The summed E-state index contributed by atoms with van der Waals surface area (Å²) in [7, 11) is 0. The number of rotatable bonds is 2. The second-order valence-electron chi connectivity index (χ2n) is 5.21. The number of fused-ring (bicyclic) bond motifs is 1. The second-order valence-corrected chi connectivity index (χ2v) is 6.24. The van der Waals surface area contributed by atoms with E-state index < -0.39 is 0 Å². The van der Waals surface area contributed by atoms with E-state index >= 15 is 0 Å². The summed E-state index contributed by atoms with van der Waals surface area (Å²) in [5.74, 6) is 0.115. The highest BCUT2D eigenvalue weighted by atomic mass is 127. The van der Waals surface area contributed by atoms with E-state index in [2.05, 4.69) is 37.5 Å². The van der Waals surface area contributed by atoms with Crippen LogP contribution in [-0.4, -0.2) is 19.4 Å². The summed E-state index contributed by atoms with van der Waals surface area (Å²) in [5, 5.41) is 0. The van der Waals surface area contributed by atoms with Gasteiger partial charge in [-0.3, -0.25) is 9.97 Å². The van der Waals surface area contributed by atoms with Gasteiger partial charge in [-0.2, -0.15) is 0 Å². The van der Waals surface area contributed by atoms with Gasteiger partial charge in [0.2, 0.25) is 0 Å². The first-order chi connectivity index (χ1) is 11.6. The molecule has 0 saturated heterocycles. The molecule has 0 aliphatic rings. The lowest BCUT2D eigenvalue weighted by Crippen LogP contribution is -1.95. The molecule has 0 saturated carbocycles. The quantitative estimate of drug-likeness (QED) is 0.491. The van der Waals surface area contributed by atoms with Crippen LogP contribution < -0.4 is 5.73 Å². The van der Waals surface area contributed by atoms with E-state index in [1.165, 1.54) is 12.3 Å². The first kappa shape index (κ1) is 15.0. The lowest BCUT2D eigenvalue weighted by Gasteiger charge is -2.04. The summed E-state index contributed by atoms with van der Waals surface area (Å²) in [6.45, 7) is 0. The molecule has 0 atom stereocenters. The smallest absolute Gasteiger partial charge is 0.141 e. The standard InChI is InChI=1S/C17H11FIN5/c18-10-3-4-14(22-7-10)15-9-24-11(8-23-15)6-13(16(24)19)12-2-1-5-21-17(12)20/h1-9H,(H2,20,21). The fourth-order valence-corrected chi connectivity index (χ4v) is 3.40. The van der Waals surface area contributed by atoms with Crippen LogP contribution in [0.5, 0.6) is 0 Å². The second kappa shape index (κ2) is 5.82. The largest absolute Gasteiger partial charge is 0.383 e. The molecule has 0 amide bonds. The Labute approximate surface area is 150 Å². The van der Waals surface area contributed by atoms with Crippen molar-refractivity contribution in [2.75, 3.05) is 5.73 Å². The van der Waals surface area contributed by atoms with Crippen LogP contribution >= 0.6 is 22.6 Å². The first-order valence-corrected chi connectivity index (χ1v) is 8.21. The van der Waals surface area contributed by atoms with Gasteiger partial charge in [0.15, 0.2) is 0 Å². The number of halogens is 2. The number of nitrogens with two attached hydrogens (primary N) is 1. The van der Waals surface area contributed by atoms with Crippen molar-refractivity contribution in [2.24, 2.45) is 0 Å². The van der Waals surface area contributed by atoms with Gasteiger partial charge in [-0.15, -0.1) is 0 Å². The molecular weight excluding hydrogens is 420 g/mol. The summed E-state index contributed by atoms with van der Waals surface area (Å²) in [5.41, 5.74) is 10.1. The molecule has 0 radical (unpaired) electrons. The van der Waals surface area contributed by atoms with E-state index in [0.29, 0.717) is 17.2 Å². The fourth-order valence-electron chi connectivity index (χ4n) is 2.54. The molecule has 4 rings (SSSR count). The topological polar surface area (TPSA) is 69.1 Å². The zero-order valence-electron chi connectivity index (χ0n) is 12.3. The number of aromatic nitrogens is 4. The summed E-state index contributed by atoms with van der Waals surface area (Å²) in [6, 6.07) is 8.80. The van der Waals surface area contributed by atoms with E-state index in [9.17, 15) is 4.39 Å². The SMILES string of the molecule is Nc1ncccc1-c1cc2cnc(-c3ccc(F)cn3)cn2c1I. The minimum absolute atomic E-state index is 0.371. The van der Waals surface area contributed by atoms with Gasteiger partial charge in [0.05, 0.1) is 27.3 Å². The number of anilines is 1. The summed E-state index contributed by atoms with van der Waals surface area (Å²) in [4.78, 5) is 12.6. The lowest BCUT2D eigenvalue weighted by molar-refractivity contribution is 0.622. The molecular formula is C17H11FIN5. The Hall–Kier alpha value is -2.55. The predicted molar refractivity (Wildman–Crippen MR) is 98.7 cm³/mol. The van der Waals surface area contributed by atoms with E-state index in [4.69, 9.17) is 5.73 Å². The van der Waals surface area contributed by atoms with Crippen LogP contribution in [0.1, 0.15) is 0 Å². The van der Waals surface area contributed by atoms with Crippen molar-refractivity contribution in [3.05, 3.63) is 64.6 Å². The Morgan fingerprint density at radius 2 is 1.83 bits per heavy atom. The van der Waals surface area contributed by atoms with Crippen molar-refractivity contribution in [3.63, 3.8) is 0 Å². The van der Waals surface area contributed by atoms with Gasteiger partial charge in [0, 0.05) is 23.5 Å². The lowest BCUT2D eigenvalue weighted by atomic mass is 10.1. The zero-order chi connectivity index (χ0) is 16.7. The summed E-state index contributed by atoms with van der Waals surface area (Å²) < 4.78 is 16.0. The predicted octanol–water partition coefficient (Wildman–Crippen LogP) is 3.78. The maximum Gasteiger partial charge on any atom is 0.141 e. The molecule has 118 valence electrons. The molecule has 0 bridgehead atoms. The molecule has 0 aliphatic carbocycles. The molecule has 0 unspecified atom stereocenters. The minimum atomic E-state index is -0.371. The highest BCUT2D eigenvalue weighted by molar-refractivity contribution is 14.1. The van der Waals surface area contributed by atoms with Crippen LogP contribution in [0.4, 0.5) is 10.2 Å². The van der Waals surface area contributed by atoms with E-state index in [1.54, 1.807) is 18.5 Å². The number of nitrogens with zero attached hydrogens (tertiary/aromatic N) is 4. The third-order valence-corrected chi connectivity index (χ3v) is 4.81. The van der Waals surface area contributed by atoms with Crippen molar-refractivity contribution in [2.45, 2.75) is 0 Å². The fraction of sp³-hybridized carbons (Fsp3) is 0. The maximum atomic E-state index is 13.0. The van der Waals surface area contributed by atoms with Crippen molar-refractivity contribution in [3.8, 4) is 22.5 Å². The molecule has 5 nitrogen and oxygen atoms in total. The molecule has 0 fully saturated rings. The summed E-state index contributed by atoms with van der Waals surface area (Å²) in [6.07, 6.45) is 6.50. The van der Waals surface area contributed by atoms with Crippen LogP contribution in [-0.2, 0) is 0 Å². The Bertz CT molecular complexity index is 1040. The van der Waals surface area contributed by atoms with Crippen LogP contribution in [0.15, 0.2) is 55.1 Å². The summed E-state index contributed by atoms with van der Waals surface area (Å²) >= 11 is 2.27. The maximum absolute atomic E-state index is 13.0. The zero-order valence-corrected chi connectivity index (χ0v) is 14.5. The highest BCUT2D eigenvalue weighted by Gasteiger charge is 2.14. The van der Waals surface area contributed by atoms with Gasteiger partial charge in [0.25, 0.3) is 0 Å². The number of hydrogen-bond acceptors (Lipinski definition) is 4. The van der Waals surface area contributed by atoms with Crippen LogP contribution in [0.3, 0.4) is 0 Å². The van der Waals surface area contributed by atoms with Gasteiger partial charge in [-0.05, 0) is 52.9 Å². The van der Waals surface area contributed by atoms with Crippen LogP contribution in [0.25, 0.3) is 28.0 Å². The Balaban J connectivity index is 1.88.